The van der Waals surface area contributed by atoms with Crippen molar-refractivity contribution in [3.05, 3.63) is 41.2 Å². The number of benzene rings is 1. The molecule has 1 saturated carbocycles. The predicted octanol–water partition coefficient (Wildman–Crippen LogP) is 5.73. The van der Waals surface area contributed by atoms with Crippen molar-refractivity contribution in [1.82, 2.24) is 15.1 Å². The van der Waals surface area contributed by atoms with Crippen molar-refractivity contribution < 1.29 is 13.9 Å². The number of anilines is 1. The second kappa shape index (κ2) is 8.26. The Balaban J connectivity index is 1.43. The second-order valence-corrected chi connectivity index (χ2v) is 10.1. The molecule has 2 fully saturated rings. The summed E-state index contributed by atoms with van der Waals surface area (Å²) in [6, 6.07) is 7.53. The van der Waals surface area contributed by atoms with Crippen molar-refractivity contribution in [2.75, 3.05) is 18.4 Å². The summed E-state index contributed by atoms with van der Waals surface area (Å²) in [6.07, 6.45) is 3.81. The molecule has 4 rings (SSSR count). The van der Waals surface area contributed by atoms with Crippen molar-refractivity contribution >= 4 is 23.5 Å². The van der Waals surface area contributed by atoms with Crippen molar-refractivity contribution in [3.63, 3.8) is 0 Å². The standard InChI is InChI=1S/C23H28ClFN4O2/c1-22(2,3)20(31-21(30)29-12-10-23(8-9-23)11-13-29)26-19-7-6-18(27-28-19)16-14-15(25)4-5-17(16)24/h4-7,14,20H,8-13H2,1-3H3,(H,26,28). The summed E-state index contributed by atoms with van der Waals surface area (Å²) in [6.45, 7) is 7.46. The van der Waals surface area contributed by atoms with Crippen LogP contribution < -0.4 is 5.32 Å². The van der Waals surface area contributed by atoms with Crippen LogP contribution in [0.25, 0.3) is 11.3 Å². The van der Waals surface area contributed by atoms with Gasteiger partial charge in [0, 0.05) is 24.1 Å². The highest BCUT2D eigenvalue weighted by atomic mass is 35.5. The van der Waals surface area contributed by atoms with E-state index < -0.39 is 12.0 Å². The molecule has 1 saturated heterocycles. The quantitative estimate of drug-likeness (QED) is 0.607. The zero-order valence-electron chi connectivity index (χ0n) is 18.1. The Morgan fingerprint density at radius 3 is 2.45 bits per heavy atom. The number of nitrogens with zero attached hydrogens (tertiary/aromatic N) is 3. The van der Waals surface area contributed by atoms with E-state index in [0.29, 0.717) is 27.5 Å². The number of hydrogen-bond donors (Lipinski definition) is 1. The van der Waals surface area contributed by atoms with Crippen LogP contribution in [0.1, 0.15) is 46.5 Å². The third-order valence-corrected chi connectivity index (χ3v) is 6.52. The topological polar surface area (TPSA) is 67.4 Å². The molecule has 1 aliphatic carbocycles. The Kier molecular flexibility index (Phi) is 5.81. The van der Waals surface area contributed by atoms with Gasteiger partial charge in [0.1, 0.15) is 5.82 Å². The Morgan fingerprint density at radius 1 is 1.16 bits per heavy atom. The fraction of sp³-hybridized carbons (Fsp3) is 0.522. The van der Waals surface area contributed by atoms with Crippen molar-refractivity contribution in [1.29, 1.82) is 0 Å². The van der Waals surface area contributed by atoms with E-state index in [1.807, 2.05) is 20.8 Å². The molecule has 2 aromatic rings. The van der Waals surface area contributed by atoms with Gasteiger partial charge in [0.05, 0.1) is 10.7 Å². The maximum atomic E-state index is 13.6. The zero-order chi connectivity index (χ0) is 22.2. The van der Waals surface area contributed by atoms with Gasteiger partial charge in [-0.1, -0.05) is 32.4 Å². The number of ether oxygens (including phenoxy) is 1. The lowest BCUT2D eigenvalue weighted by atomic mass is 9.93. The lowest BCUT2D eigenvalue weighted by Gasteiger charge is -2.36. The monoisotopic (exact) mass is 446 g/mol. The molecule has 6 nitrogen and oxygen atoms in total. The number of piperidine rings is 1. The first-order valence-corrected chi connectivity index (χ1v) is 11.0. The number of rotatable bonds is 4. The summed E-state index contributed by atoms with van der Waals surface area (Å²) in [7, 11) is 0. The van der Waals surface area contributed by atoms with E-state index in [2.05, 4.69) is 15.5 Å². The predicted molar refractivity (Wildman–Crippen MR) is 118 cm³/mol. The Bertz CT molecular complexity index is 947. The molecule has 1 N–H and O–H groups in total. The van der Waals surface area contributed by atoms with E-state index in [4.69, 9.17) is 16.3 Å². The van der Waals surface area contributed by atoms with Crippen LogP contribution in [0.15, 0.2) is 30.3 Å². The molecule has 8 heteroatoms. The molecule has 2 aliphatic rings. The Morgan fingerprint density at radius 2 is 1.87 bits per heavy atom. The first-order valence-electron chi connectivity index (χ1n) is 10.7. The van der Waals surface area contributed by atoms with Crippen LogP contribution in [0.2, 0.25) is 5.02 Å². The van der Waals surface area contributed by atoms with Crippen molar-refractivity contribution in [2.24, 2.45) is 10.8 Å². The highest BCUT2D eigenvalue weighted by molar-refractivity contribution is 6.33. The molecular formula is C23H28ClFN4O2. The molecule has 166 valence electrons. The minimum Gasteiger partial charge on any atom is -0.425 e. The smallest absolute Gasteiger partial charge is 0.411 e. The number of carbonyl (C=O) groups excluding carboxylic acids is 1. The van der Waals surface area contributed by atoms with E-state index in [1.54, 1.807) is 17.0 Å². The molecule has 1 spiro atoms. The van der Waals surface area contributed by atoms with Gasteiger partial charge in [-0.05, 0) is 61.4 Å². The molecule has 1 aromatic heterocycles. The van der Waals surface area contributed by atoms with Crippen LogP contribution in [-0.4, -0.2) is 40.5 Å². The van der Waals surface area contributed by atoms with Gasteiger partial charge in [0.25, 0.3) is 0 Å². The number of nitrogens with one attached hydrogen (secondary N) is 1. The average Bonchev–Trinajstić information content (AvgIpc) is 3.48. The Labute approximate surface area is 187 Å². The van der Waals surface area contributed by atoms with Gasteiger partial charge in [-0.3, -0.25) is 0 Å². The molecule has 31 heavy (non-hydrogen) atoms. The van der Waals surface area contributed by atoms with E-state index in [0.717, 1.165) is 25.9 Å². The fourth-order valence-corrected chi connectivity index (χ4v) is 4.03. The maximum Gasteiger partial charge on any atom is 0.411 e. The third kappa shape index (κ3) is 5.09. The van der Waals surface area contributed by atoms with E-state index in [-0.39, 0.29) is 11.5 Å². The average molecular weight is 447 g/mol. The molecule has 1 aliphatic heterocycles. The minimum absolute atomic E-state index is 0.306. The molecule has 2 heterocycles. The van der Waals surface area contributed by atoms with Crippen LogP contribution in [0.3, 0.4) is 0 Å². The lowest BCUT2D eigenvalue weighted by molar-refractivity contribution is 0.0180. The van der Waals surface area contributed by atoms with Gasteiger partial charge in [-0.25, -0.2) is 9.18 Å². The largest absolute Gasteiger partial charge is 0.425 e. The van der Waals surface area contributed by atoms with E-state index >= 15 is 0 Å². The van der Waals surface area contributed by atoms with Crippen molar-refractivity contribution in [3.8, 4) is 11.3 Å². The minimum atomic E-state index is -0.588. The summed E-state index contributed by atoms with van der Waals surface area (Å²) in [5.74, 6) is 0.0630. The second-order valence-electron chi connectivity index (χ2n) is 9.69. The highest BCUT2D eigenvalue weighted by Crippen LogP contribution is 2.53. The number of amides is 1. The Hall–Kier alpha value is -2.41. The van der Waals surface area contributed by atoms with Gasteiger partial charge in [0.15, 0.2) is 12.0 Å². The molecule has 1 unspecified atom stereocenters. The van der Waals surface area contributed by atoms with Crippen LogP contribution in [0.4, 0.5) is 15.0 Å². The van der Waals surface area contributed by atoms with Gasteiger partial charge < -0.3 is 15.0 Å². The van der Waals surface area contributed by atoms with Gasteiger partial charge in [-0.2, -0.15) is 0 Å². The number of hydrogen-bond acceptors (Lipinski definition) is 5. The normalized spacial score (nSPS) is 18.5. The molecule has 1 aromatic carbocycles. The SMILES string of the molecule is CC(C)(C)C(Nc1ccc(-c2cc(F)ccc2Cl)nn1)OC(=O)N1CCC2(CC1)CC2. The number of likely N-dealkylation sites (tertiary alicyclic amines) is 1. The summed E-state index contributed by atoms with van der Waals surface area (Å²) in [4.78, 5) is 14.6. The molecular weight excluding hydrogens is 419 g/mol. The summed E-state index contributed by atoms with van der Waals surface area (Å²) >= 11 is 6.16. The molecule has 0 radical (unpaired) electrons. The summed E-state index contributed by atoms with van der Waals surface area (Å²) in [5, 5.41) is 11.9. The zero-order valence-corrected chi connectivity index (χ0v) is 18.9. The first-order chi connectivity index (χ1) is 14.7. The number of aromatic nitrogens is 2. The number of carbonyl (C=O) groups is 1. The summed E-state index contributed by atoms with van der Waals surface area (Å²) < 4.78 is 19.4. The van der Waals surface area contributed by atoms with Crippen molar-refractivity contribution in [2.45, 2.75) is 52.7 Å². The summed E-state index contributed by atoms with van der Waals surface area (Å²) in [5.41, 5.74) is 1.06. The van der Waals surface area contributed by atoms with Gasteiger partial charge in [0.2, 0.25) is 0 Å². The molecule has 0 bridgehead atoms. The fourth-order valence-electron chi connectivity index (χ4n) is 3.82. The third-order valence-electron chi connectivity index (χ3n) is 6.19. The van der Waals surface area contributed by atoms with Crippen LogP contribution in [0.5, 0.6) is 0 Å². The van der Waals surface area contributed by atoms with Crippen LogP contribution >= 0.6 is 11.6 Å². The molecule has 1 atom stereocenters. The molecule has 1 amide bonds. The van der Waals surface area contributed by atoms with E-state index in [9.17, 15) is 9.18 Å². The first kappa shape index (κ1) is 21.8. The van der Waals surface area contributed by atoms with Gasteiger partial charge >= 0.3 is 6.09 Å². The van der Waals surface area contributed by atoms with Crippen LogP contribution in [0, 0.1) is 16.6 Å². The lowest BCUT2D eigenvalue weighted by Crippen LogP contribution is -2.45. The van der Waals surface area contributed by atoms with Gasteiger partial charge in [-0.15, -0.1) is 10.2 Å². The van der Waals surface area contributed by atoms with Crippen LogP contribution in [-0.2, 0) is 4.74 Å². The maximum absolute atomic E-state index is 13.6. The van der Waals surface area contributed by atoms with E-state index in [1.165, 1.54) is 31.0 Å². The number of halogens is 2. The highest BCUT2D eigenvalue weighted by Gasteiger charge is 2.45.